The van der Waals surface area contributed by atoms with E-state index in [-0.39, 0.29) is 32.1 Å². The van der Waals surface area contributed by atoms with Gasteiger partial charge < -0.3 is 20.1 Å². The van der Waals surface area contributed by atoms with Crippen molar-refractivity contribution in [2.24, 2.45) is 0 Å². The van der Waals surface area contributed by atoms with E-state index in [0.29, 0.717) is 6.42 Å². The summed E-state index contributed by atoms with van der Waals surface area (Å²) in [4.78, 5) is 33.4. The number of ether oxygens (including phenoxy) is 1. The minimum atomic E-state index is -4.39. The van der Waals surface area contributed by atoms with Gasteiger partial charge in [-0.05, 0) is 32.1 Å². The van der Waals surface area contributed by atoms with Crippen molar-refractivity contribution < 1.29 is 37.9 Å². The summed E-state index contributed by atoms with van der Waals surface area (Å²) in [6.07, 6.45) is 21.6. The van der Waals surface area contributed by atoms with Crippen LogP contribution in [-0.4, -0.2) is 54.3 Å². The molecule has 230 valence electrons. The molecule has 0 aliphatic heterocycles. The number of aliphatic hydroxyl groups excluding tert-OH is 1. The zero-order chi connectivity index (χ0) is 29.0. The number of phosphoric acid groups is 1. The molecule has 0 aromatic rings. The number of hydrogen-bond acceptors (Lipinski definition) is 7. The van der Waals surface area contributed by atoms with Gasteiger partial charge in [-0.15, -0.1) is 0 Å². The van der Waals surface area contributed by atoms with Gasteiger partial charge in [-0.1, -0.05) is 96.6 Å². The van der Waals surface area contributed by atoms with E-state index < -0.39 is 26.5 Å². The molecule has 0 bridgehead atoms. The monoisotopic (exact) mass is 577 g/mol. The first-order valence-corrected chi connectivity index (χ1v) is 16.7. The predicted octanol–water partition coefficient (Wildman–Crippen LogP) is 6.76. The average molecular weight is 578 g/mol. The Morgan fingerprint density at radius 1 is 0.769 bits per heavy atom. The van der Waals surface area contributed by atoms with Crippen molar-refractivity contribution in [3.05, 3.63) is 12.2 Å². The fourth-order valence-electron chi connectivity index (χ4n) is 3.83. The number of aliphatic hydroxyl groups is 1. The molecule has 0 aromatic heterocycles. The normalized spacial score (nSPS) is 13.8. The lowest BCUT2D eigenvalue weighted by Crippen LogP contribution is -2.27. The summed E-state index contributed by atoms with van der Waals surface area (Å²) in [5.74, 6) is -0.535. The molecule has 0 radical (unpaired) electrons. The standard InChI is InChI=1S/C29H56NO8P/c1-3-5-7-9-11-12-13-14-16-18-20-22-29(33)36-25-27(31)26-38-39(34,35)37-24-23-30-28(32)21-19-17-15-10-8-6-4-2/h9,11,27,31H,3-8,10,12-26H2,1-2H3,(H,30,32)(H,34,35)/b11-9-. The van der Waals surface area contributed by atoms with E-state index in [9.17, 15) is 24.2 Å². The SMILES string of the molecule is CCCC/C=C\CCCCCCCC(=O)OCC(O)COP(=O)(O)OCCNC(=O)CCCCCCCCC. The highest BCUT2D eigenvalue weighted by molar-refractivity contribution is 7.47. The van der Waals surface area contributed by atoms with Crippen LogP contribution in [0.2, 0.25) is 0 Å². The first-order chi connectivity index (χ1) is 18.8. The molecule has 3 N–H and O–H groups in total. The Labute approximate surface area is 237 Å². The van der Waals surface area contributed by atoms with Crippen LogP contribution in [0, 0.1) is 0 Å². The van der Waals surface area contributed by atoms with Gasteiger partial charge >= 0.3 is 13.8 Å². The summed E-state index contributed by atoms with van der Waals surface area (Å²) in [6, 6.07) is 0. The van der Waals surface area contributed by atoms with Crippen molar-refractivity contribution in [1.29, 1.82) is 0 Å². The van der Waals surface area contributed by atoms with Crippen molar-refractivity contribution in [2.45, 2.75) is 136 Å². The Kier molecular flexibility index (Phi) is 26.1. The largest absolute Gasteiger partial charge is 0.472 e. The number of carbonyl (C=O) groups excluding carboxylic acids is 2. The quantitative estimate of drug-likeness (QED) is 0.0402. The van der Waals surface area contributed by atoms with Crippen molar-refractivity contribution in [3.63, 3.8) is 0 Å². The van der Waals surface area contributed by atoms with Crippen molar-refractivity contribution in [3.8, 4) is 0 Å². The van der Waals surface area contributed by atoms with E-state index in [1.165, 1.54) is 38.5 Å². The number of amides is 1. The summed E-state index contributed by atoms with van der Waals surface area (Å²) in [7, 11) is -4.39. The zero-order valence-corrected chi connectivity index (χ0v) is 25.5. The van der Waals surface area contributed by atoms with Crippen LogP contribution in [-0.2, 0) is 27.9 Å². The highest BCUT2D eigenvalue weighted by Crippen LogP contribution is 2.42. The maximum Gasteiger partial charge on any atom is 0.472 e. The van der Waals surface area contributed by atoms with E-state index in [0.717, 1.165) is 64.2 Å². The molecule has 0 aliphatic carbocycles. The van der Waals surface area contributed by atoms with Crippen LogP contribution < -0.4 is 5.32 Å². The first-order valence-electron chi connectivity index (χ1n) is 15.2. The van der Waals surface area contributed by atoms with Crippen molar-refractivity contribution in [1.82, 2.24) is 5.32 Å². The van der Waals surface area contributed by atoms with Crippen LogP contribution >= 0.6 is 7.82 Å². The summed E-state index contributed by atoms with van der Waals surface area (Å²) in [5, 5.41) is 12.5. The Hall–Kier alpha value is -1.25. The average Bonchev–Trinajstić information content (AvgIpc) is 2.91. The second kappa shape index (κ2) is 26.9. The molecule has 9 nitrogen and oxygen atoms in total. The molecule has 0 saturated heterocycles. The number of hydrogen-bond donors (Lipinski definition) is 3. The molecule has 0 aliphatic rings. The molecule has 0 spiro atoms. The molecule has 0 aromatic carbocycles. The Bertz CT molecular complexity index is 674. The van der Waals surface area contributed by atoms with Crippen LogP contribution in [0.15, 0.2) is 12.2 Å². The lowest BCUT2D eigenvalue weighted by Gasteiger charge is -2.15. The van der Waals surface area contributed by atoms with E-state index in [1.807, 2.05) is 0 Å². The first kappa shape index (κ1) is 37.8. The van der Waals surface area contributed by atoms with Gasteiger partial charge in [0.05, 0.1) is 13.2 Å². The van der Waals surface area contributed by atoms with E-state index in [4.69, 9.17) is 13.8 Å². The maximum absolute atomic E-state index is 11.9. The van der Waals surface area contributed by atoms with Crippen molar-refractivity contribution in [2.75, 3.05) is 26.4 Å². The summed E-state index contributed by atoms with van der Waals surface area (Å²) in [5.41, 5.74) is 0. The van der Waals surface area contributed by atoms with Gasteiger partial charge in [0.25, 0.3) is 0 Å². The molecular formula is C29H56NO8P. The molecule has 2 unspecified atom stereocenters. The number of carbonyl (C=O) groups is 2. The molecule has 0 fully saturated rings. The van der Waals surface area contributed by atoms with Crippen molar-refractivity contribution >= 4 is 19.7 Å². The van der Waals surface area contributed by atoms with Crippen LogP contribution in [0.1, 0.15) is 129 Å². The lowest BCUT2D eigenvalue weighted by atomic mass is 10.1. The summed E-state index contributed by atoms with van der Waals surface area (Å²) in [6.45, 7) is 3.42. The fourth-order valence-corrected chi connectivity index (χ4v) is 4.59. The van der Waals surface area contributed by atoms with Gasteiger partial charge in [-0.3, -0.25) is 18.6 Å². The third kappa shape index (κ3) is 28.1. The Morgan fingerprint density at radius 2 is 1.33 bits per heavy atom. The molecular weight excluding hydrogens is 521 g/mol. The van der Waals surface area contributed by atoms with Crippen LogP contribution in [0.3, 0.4) is 0 Å². The lowest BCUT2D eigenvalue weighted by molar-refractivity contribution is -0.147. The minimum absolute atomic E-state index is 0.0828. The third-order valence-electron chi connectivity index (χ3n) is 6.20. The fraction of sp³-hybridized carbons (Fsp3) is 0.862. The van der Waals surface area contributed by atoms with Gasteiger partial charge in [-0.25, -0.2) is 4.57 Å². The predicted molar refractivity (Wildman–Crippen MR) is 155 cm³/mol. The number of rotatable bonds is 28. The zero-order valence-electron chi connectivity index (χ0n) is 24.6. The highest BCUT2D eigenvalue weighted by atomic mass is 31.2. The second-order valence-electron chi connectivity index (χ2n) is 10.1. The molecule has 0 saturated carbocycles. The molecule has 2 atom stereocenters. The summed E-state index contributed by atoms with van der Waals surface area (Å²) < 4.78 is 26.5. The smallest absolute Gasteiger partial charge is 0.463 e. The molecule has 10 heteroatoms. The third-order valence-corrected chi connectivity index (χ3v) is 7.18. The Morgan fingerprint density at radius 3 is 2.00 bits per heavy atom. The summed E-state index contributed by atoms with van der Waals surface area (Å²) >= 11 is 0. The van der Waals surface area contributed by atoms with Crippen LogP contribution in [0.5, 0.6) is 0 Å². The number of esters is 1. The number of unbranched alkanes of at least 4 members (excludes halogenated alkanes) is 13. The number of phosphoric ester groups is 1. The Balaban J connectivity index is 3.69. The van der Waals surface area contributed by atoms with Gasteiger partial charge in [0.15, 0.2) is 0 Å². The molecule has 39 heavy (non-hydrogen) atoms. The topological polar surface area (TPSA) is 131 Å². The van der Waals surface area contributed by atoms with Gasteiger partial charge in [-0.2, -0.15) is 0 Å². The molecule has 0 heterocycles. The van der Waals surface area contributed by atoms with Crippen LogP contribution in [0.25, 0.3) is 0 Å². The maximum atomic E-state index is 11.9. The van der Waals surface area contributed by atoms with Gasteiger partial charge in [0, 0.05) is 19.4 Å². The molecule has 0 rings (SSSR count). The minimum Gasteiger partial charge on any atom is -0.463 e. The number of allylic oxidation sites excluding steroid dienone is 2. The second-order valence-corrected chi connectivity index (χ2v) is 11.5. The van der Waals surface area contributed by atoms with Gasteiger partial charge in [0.2, 0.25) is 5.91 Å². The van der Waals surface area contributed by atoms with Gasteiger partial charge in [0.1, 0.15) is 12.7 Å². The van der Waals surface area contributed by atoms with E-state index in [1.54, 1.807) is 0 Å². The highest BCUT2D eigenvalue weighted by Gasteiger charge is 2.23. The van der Waals surface area contributed by atoms with E-state index in [2.05, 4.69) is 31.3 Å². The van der Waals surface area contributed by atoms with E-state index >= 15 is 0 Å². The molecule has 1 amide bonds. The number of nitrogens with one attached hydrogen (secondary N) is 1. The van der Waals surface area contributed by atoms with Crippen LogP contribution in [0.4, 0.5) is 0 Å².